The molecule has 1 aliphatic carbocycles. The molecule has 0 spiro atoms. The van der Waals surface area contributed by atoms with Crippen LogP contribution in [0.15, 0.2) is 48.7 Å². The fourth-order valence-electron chi connectivity index (χ4n) is 6.15. The molecule has 38 heavy (non-hydrogen) atoms. The third-order valence-electron chi connectivity index (χ3n) is 8.61. The van der Waals surface area contributed by atoms with Crippen LogP contribution in [0, 0.1) is 23.4 Å². The van der Waals surface area contributed by atoms with E-state index in [0.29, 0.717) is 37.2 Å². The lowest BCUT2D eigenvalue weighted by Crippen LogP contribution is -2.43. The second-order valence-corrected chi connectivity index (χ2v) is 11.5. The first kappa shape index (κ1) is 26.8. The van der Waals surface area contributed by atoms with Crippen molar-refractivity contribution < 1.29 is 18.0 Å². The van der Waals surface area contributed by atoms with E-state index in [-0.39, 0.29) is 34.2 Å². The van der Waals surface area contributed by atoms with Crippen molar-refractivity contribution in [2.24, 2.45) is 5.92 Å². The second kappa shape index (κ2) is 10.4. The molecular formula is C29H32ClF3N4O. The summed E-state index contributed by atoms with van der Waals surface area (Å²) in [6.07, 6.45) is 4.44. The first-order valence-electron chi connectivity index (χ1n) is 13.0. The van der Waals surface area contributed by atoms with Crippen molar-refractivity contribution in [2.45, 2.75) is 50.0 Å². The molecule has 1 saturated carbocycles. The van der Waals surface area contributed by atoms with E-state index in [1.54, 1.807) is 23.0 Å². The summed E-state index contributed by atoms with van der Waals surface area (Å²) in [6.45, 7) is 3.25. The summed E-state index contributed by atoms with van der Waals surface area (Å²) in [7, 11) is 3.96. The van der Waals surface area contributed by atoms with Gasteiger partial charge in [0.25, 0.3) is 0 Å². The third-order valence-corrected chi connectivity index (χ3v) is 8.90. The molecule has 9 heteroatoms. The van der Waals surface area contributed by atoms with Gasteiger partial charge in [0.2, 0.25) is 5.91 Å². The molecule has 2 fully saturated rings. The maximum Gasteiger partial charge on any atom is 0.226 e. The van der Waals surface area contributed by atoms with Gasteiger partial charge >= 0.3 is 0 Å². The van der Waals surface area contributed by atoms with Crippen LogP contribution >= 0.6 is 11.6 Å². The topological polar surface area (TPSA) is 41.4 Å². The van der Waals surface area contributed by atoms with Gasteiger partial charge in [-0.25, -0.2) is 17.9 Å². The van der Waals surface area contributed by atoms with Crippen LogP contribution in [0.1, 0.15) is 55.7 Å². The molecule has 3 atom stereocenters. The number of rotatable bonds is 5. The Morgan fingerprint density at radius 2 is 1.76 bits per heavy atom. The Morgan fingerprint density at radius 3 is 2.42 bits per heavy atom. The van der Waals surface area contributed by atoms with Crippen molar-refractivity contribution in [3.8, 4) is 5.69 Å². The van der Waals surface area contributed by atoms with Crippen LogP contribution in [-0.4, -0.2) is 58.2 Å². The fourth-order valence-corrected chi connectivity index (χ4v) is 6.33. The predicted molar refractivity (Wildman–Crippen MR) is 141 cm³/mol. The highest BCUT2D eigenvalue weighted by Gasteiger charge is 2.49. The molecule has 2 heterocycles. The summed E-state index contributed by atoms with van der Waals surface area (Å²) in [5, 5.41) is 4.47. The Balaban J connectivity index is 1.33. The number of likely N-dealkylation sites (tertiary alicyclic amines) is 1. The molecule has 2 aliphatic rings. The molecule has 1 aromatic heterocycles. The summed E-state index contributed by atoms with van der Waals surface area (Å²) in [5.41, 5.74) is 1.82. The molecule has 5 rings (SSSR count). The van der Waals surface area contributed by atoms with Gasteiger partial charge in [-0.1, -0.05) is 17.7 Å². The van der Waals surface area contributed by atoms with Gasteiger partial charge in [0.1, 0.15) is 17.5 Å². The van der Waals surface area contributed by atoms with Crippen molar-refractivity contribution in [1.29, 1.82) is 0 Å². The standard InChI is InChI=1S/C29H32ClF3N4O/c1-29(35(2)3)16-22(21-6-4-19(31)14-26(21)33)23(17-29)28(38)36-12-9-18(10-13-36)27-8-11-34-37(27)20-5-7-25(32)24(30)15-20/h4-8,11,14-15,18,22-23H,9-10,12-13,16-17H2,1-3H3/t22-,23+,29-/m1/s1. The lowest BCUT2D eigenvalue weighted by molar-refractivity contribution is -0.137. The number of carbonyl (C=O) groups is 1. The Kier molecular flexibility index (Phi) is 7.31. The van der Waals surface area contributed by atoms with Crippen LogP contribution < -0.4 is 0 Å². The van der Waals surface area contributed by atoms with Crippen molar-refractivity contribution >= 4 is 17.5 Å². The van der Waals surface area contributed by atoms with Crippen LogP contribution in [0.4, 0.5) is 13.2 Å². The van der Waals surface area contributed by atoms with Gasteiger partial charge in [-0.05, 0) is 82.6 Å². The van der Waals surface area contributed by atoms with E-state index >= 15 is 0 Å². The summed E-state index contributed by atoms with van der Waals surface area (Å²) in [6, 6.07) is 10.2. The summed E-state index contributed by atoms with van der Waals surface area (Å²) < 4.78 is 43.9. The van der Waals surface area contributed by atoms with Crippen LogP contribution in [0.5, 0.6) is 0 Å². The van der Waals surface area contributed by atoms with Gasteiger partial charge < -0.3 is 9.80 Å². The fraction of sp³-hybridized carbons (Fsp3) is 0.448. The quantitative estimate of drug-likeness (QED) is 0.386. The number of piperidine rings is 1. The van der Waals surface area contributed by atoms with Crippen molar-refractivity contribution in [1.82, 2.24) is 19.6 Å². The zero-order valence-corrected chi connectivity index (χ0v) is 22.6. The number of hydrogen-bond donors (Lipinski definition) is 0. The van der Waals surface area contributed by atoms with Crippen molar-refractivity contribution in [3.63, 3.8) is 0 Å². The Bertz CT molecular complexity index is 1340. The zero-order valence-electron chi connectivity index (χ0n) is 21.8. The molecule has 0 bridgehead atoms. The minimum Gasteiger partial charge on any atom is -0.342 e. The highest BCUT2D eigenvalue weighted by Crippen LogP contribution is 2.49. The van der Waals surface area contributed by atoms with E-state index in [4.69, 9.17) is 11.6 Å². The van der Waals surface area contributed by atoms with Crippen molar-refractivity contribution in [2.75, 3.05) is 27.2 Å². The van der Waals surface area contributed by atoms with Gasteiger partial charge in [0.05, 0.1) is 10.7 Å². The number of halogens is 4. The number of benzene rings is 2. The summed E-state index contributed by atoms with van der Waals surface area (Å²) in [5.74, 6) is -2.20. The monoisotopic (exact) mass is 544 g/mol. The minimum absolute atomic E-state index is 0.0292. The number of carbonyl (C=O) groups excluding carboxylic acids is 1. The van der Waals surface area contributed by atoms with Crippen LogP contribution in [0.2, 0.25) is 5.02 Å². The Hall–Kier alpha value is -2.84. The highest BCUT2D eigenvalue weighted by atomic mass is 35.5. The van der Waals surface area contributed by atoms with E-state index in [0.717, 1.165) is 24.6 Å². The van der Waals surface area contributed by atoms with E-state index in [1.807, 2.05) is 25.1 Å². The largest absolute Gasteiger partial charge is 0.342 e. The van der Waals surface area contributed by atoms with Crippen LogP contribution in [0.25, 0.3) is 5.69 Å². The molecule has 5 nitrogen and oxygen atoms in total. The third kappa shape index (κ3) is 4.96. The smallest absolute Gasteiger partial charge is 0.226 e. The molecule has 0 N–H and O–H groups in total. The zero-order chi connectivity index (χ0) is 27.2. The van der Waals surface area contributed by atoms with Gasteiger partial charge in [0, 0.05) is 54.3 Å². The summed E-state index contributed by atoms with van der Waals surface area (Å²) in [4.78, 5) is 17.9. The molecule has 202 valence electrons. The average molecular weight is 545 g/mol. The van der Waals surface area contributed by atoms with E-state index in [9.17, 15) is 18.0 Å². The van der Waals surface area contributed by atoms with Gasteiger partial charge in [-0.2, -0.15) is 5.10 Å². The molecule has 1 aliphatic heterocycles. The Labute approximate surface area is 226 Å². The van der Waals surface area contributed by atoms with E-state index in [1.165, 1.54) is 18.2 Å². The van der Waals surface area contributed by atoms with Crippen LogP contribution in [-0.2, 0) is 4.79 Å². The SMILES string of the molecule is CN(C)[C@@]1(C)C[C@H](C(=O)N2CCC(c3ccnn3-c3ccc(F)c(Cl)c3)CC2)[C@@H](c2ccc(F)cc2F)C1. The predicted octanol–water partition coefficient (Wildman–Crippen LogP) is 6.16. The first-order chi connectivity index (χ1) is 18.1. The lowest BCUT2D eigenvalue weighted by Gasteiger charge is -2.35. The molecule has 0 radical (unpaired) electrons. The number of hydrogen-bond acceptors (Lipinski definition) is 3. The normalized spacial score (nSPS) is 24.4. The maximum absolute atomic E-state index is 14.9. The molecule has 2 aromatic carbocycles. The van der Waals surface area contributed by atoms with Gasteiger partial charge in [-0.15, -0.1) is 0 Å². The molecule has 0 unspecified atom stereocenters. The minimum atomic E-state index is -0.619. The molecule has 3 aromatic rings. The van der Waals surface area contributed by atoms with E-state index in [2.05, 4.69) is 16.9 Å². The molecule has 1 amide bonds. The number of nitrogens with zero attached hydrogens (tertiary/aromatic N) is 4. The first-order valence-corrected chi connectivity index (χ1v) is 13.4. The summed E-state index contributed by atoms with van der Waals surface area (Å²) >= 11 is 5.99. The molecule has 1 saturated heterocycles. The van der Waals surface area contributed by atoms with Crippen LogP contribution in [0.3, 0.4) is 0 Å². The van der Waals surface area contributed by atoms with Gasteiger partial charge in [0.15, 0.2) is 0 Å². The Morgan fingerprint density at radius 1 is 1.03 bits per heavy atom. The van der Waals surface area contributed by atoms with Crippen molar-refractivity contribution in [3.05, 3.63) is 82.4 Å². The second-order valence-electron chi connectivity index (χ2n) is 11.0. The van der Waals surface area contributed by atoms with Gasteiger partial charge in [-0.3, -0.25) is 4.79 Å². The molecular weight excluding hydrogens is 513 g/mol. The highest BCUT2D eigenvalue weighted by molar-refractivity contribution is 6.30. The average Bonchev–Trinajstić information content (AvgIpc) is 3.51. The van der Waals surface area contributed by atoms with E-state index < -0.39 is 17.5 Å². The maximum atomic E-state index is 14.9. The number of aromatic nitrogens is 2. The lowest BCUT2D eigenvalue weighted by atomic mass is 9.86. The number of amides is 1.